The lowest BCUT2D eigenvalue weighted by Crippen LogP contribution is -2.20. The van der Waals surface area contributed by atoms with Gasteiger partial charge in [-0.25, -0.2) is 0 Å². The largest absolute Gasteiger partial charge is 0.464 e. The maximum absolute atomic E-state index is 5.51. The van der Waals surface area contributed by atoms with Gasteiger partial charge in [0, 0.05) is 31.1 Å². The predicted molar refractivity (Wildman–Crippen MR) is 74.6 cm³/mol. The molecule has 1 aromatic heterocycles. The van der Waals surface area contributed by atoms with Gasteiger partial charge in [-0.15, -0.1) is 0 Å². The highest BCUT2D eigenvalue weighted by atomic mass is 16.5. The lowest BCUT2D eigenvalue weighted by atomic mass is 10.1. The summed E-state index contributed by atoms with van der Waals surface area (Å²) < 4.78 is 10.5. The molecule has 0 aliphatic heterocycles. The van der Waals surface area contributed by atoms with E-state index in [1.165, 1.54) is 5.57 Å². The van der Waals surface area contributed by atoms with Crippen molar-refractivity contribution in [2.24, 2.45) is 0 Å². The zero-order chi connectivity index (χ0) is 12.8. The number of rotatable bonds is 6. The number of benzene rings is 1. The van der Waals surface area contributed by atoms with Crippen LogP contribution in [0.5, 0.6) is 0 Å². The highest BCUT2D eigenvalue weighted by Gasteiger charge is 2.02. The van der Waals surface area contributed by atoms with Gasteiger partial charge in [-0.2, -0.15) is 0 Å². The van der Waals surface area contributed by atoms with E-state index in [1.54, 1.807) is 7.11 Å². The Labute approximate surface area is 107 Å². The molecule has 0 amide bonds. The fraction of sp³-hybridized carbons (Fsp3) is 0.333. The molecule has 0 saturated heterocycles. The molecule has 0 saturated carbocycles. The Morgan fingerprint density at radius 1 is 1.39 bits per heavy atom. The van der Waals surface area contributed by atoms with Crippen LogP contribution in [0.4, 0.5) is 0 Å². The Morgan fingerprint density at radius 3 is 3.06 bits per heavy atom. The van der Waals surface area contributed by atoms with Gasteiger partial charge in [0.05, 0.1) is 12.9 Å². The van der Waals surface area contributed by atoms with Crippen LogP contribution >= 0.6 is 0 Å². The first-order valence-corrected chi connectivity index (χ1v) is 6.14. The van der Waals surface area contributed by atoms with Crippen LogP contribution in [-0.4, -0.2) is 26.8 Å². The topological polar surface area (TPSA) is 34.4 Å². The van der Waals surface area contributed by atoms with Crippen molar-refractivity contribution in [2.45, 2.75) is 6.92 Å². The van der Waals surface area contributed by atoms with Gasteiger partial charge >= 0.3 is 0 Å². The number of nitrogens with one attached hydrogen (secondary N) is 1. The quantitative estimate of drug-likeness (QED) is 0.794. The Morgan fingerprint density at radius 2 is 2.22 bits per heavy atom. The SMILES string of the molecule is COCCNC/C(C)=C/c1coc2ccccc12. The van der Waals surface area contributed by atoms with Crippen LogP contribution in [-0.2, 0) is 4.74 Å². The van der Waals surface area contributed by atoms with Crippen molar-refractivity contribution in [3.8, 4) is 0 Å². The van der Waals surface area contributed by atoms with E-state index in [9.17, 15) is 0 Å². The molecule has 2 rings (SSSR count). The van der Waals surface area contributed by atoms with Crippen LogP contribution in [0, 0.1) is 0 Å². The van der Waals surface area contributed by atoms with E-state index in [-0.39, 0.29) is 0 Å². The van der Waals surface area contributed by atoms with E-state index < -0.39 is 0 Å². The van der Waals surface area contributed by atoms with Crippen LogP contribution in [0.3, 0.4) is 0 Å². The molecule has 96 valence electrons. The smallest absolute Gasteiger partial charge is 0.134 e. The van der Waals surface area contributed by atoms with E-state index in [0.717, 1.165) is 36.2 Å². The van der Waals surface area contributed by atoms with Gasteiger partial charge in [-0.3, -0.25) is 0 Å². The summed E-state index contributed by atoms with van der Waals surface area (Å²) in [6, 6.07) is 8.08. The van der Waals surface area contributed by atoms with E-state index in [4.69, 9.17) is 9.15 Å². The molecule has 0 aliphatic carbocycles. The molecule has 3 heteroatoms. The molecular formula is C15H19NO2. The summed E-state index contributed by atoms with van der Waals surface area (Å²) in [6.45, 7) is 4.58. The van der Waals surface area contributed by atoms with Gasteiger partial charge in [0.15, 0.2) is 0 Å². The summed E-state index contributed by atoms with van der Waals surface area (Å²) >= 11 is 0. The fourth-order valence-corrected chi connectivity index (χ4v) is 1.89. The van der Waals surface area contributed by atoms with Crippen molar-refractivity contribution in [1.29, 1.82) is 0 Å². The number of methoxy groups -OCH3 is 1. The van der Waals surface area contributed by atoms with Crippen molar-refractivity contribution in [3.63, 3.8) is 0 Å². The molecule has 0 spiro atoms. The average Bonchev–Trinajstić information content (AvgIpc) is 2.78. The molecule has 0 unspecified atom stereocenters. The standard InChI is InChI=1S/C15H19NO2/c1-12(10-16-7-8-17-2)9-13-11-18-15-6-4-3-5-14(13)15/h3-6,9,11,16H,7-8,10H2,1-2H3/b12-9+. The van der Waals surface area contributed by atoms with Gasteiger partial charge in [0.1, 0.15) is 5.58 Å². The van der Waals surface area contributed by atoms with E-state index >= 15 is 0 Å². The molecule has 1 heterocycles. The molecular weight excluding hydrogens is 226 g/mol. The van der Waals surface area contributed by atoms with Crippen LogP contribution in [0.25, 0.3) is 17.0 Å². The minimum atomic E-state index is 0.738. The van der Waals surface area contributed by atoms with E-state index in [1.807, 2.05) is 24.5 Å². The number of fused-ring (bicyclic) bond motifs is 1. The average molecular weight is 245 g/mol. The second-order valence-electron chi connectivity index (χ2n) is 4.35. The summed E-state index contributed by atoms with van der Waals surface area (Å²) in [4.78, 5) is 0. The Balaban J connectivity index is 2.03. The van der Waals surface area contributed by atoms with Crippen molar-refractivity contribution in [1.82, 2.24) is 5.32 Å². The first-order valence-electron chi connectivity index (χ1n) is 6.14. The lowest BCUT2D eigenvalue weighted by Gasteiger charge is -2.03. The van der Waals surface area contributed by atoms with E-state index in [0.29, 0.717) is 0 Å². The fourth-order valence-electron chi connectivity index (χ4n) is 1.89. The van der Waals surface area contributed by atoms with Gasteiger partial charge in [0.2, 0.25) is 0 Å². The van der Waals surface area contributed by atoms with Gasteiger partial charge in [0.25, 0.3) is 0 Å². The number of hydrogen-bond acceptors (Lipinski definition) is 3. The van der Waals surface area contributed by atoms with Gasteiger partial charge in [-0.1, -0.05) is 29.8 Å². The summed E-state index contributed by atoms with van der Waals surface area (Å²) in [5, 5.41) is 4.48. The molecule has 0 fully saturated rings. The van der Waals surface area contributed by atoms with Crippen LogP contribution < -0.4 is 5.32 Å². The third kappa shape index (κ3) is 3.22. The lowest BCUT2D eigenvalue weighted by molar-refractivity contribution is 0.200. The van der Waals surface area contributed by atoms with Crippen molar-refractivity contribution in [3.05, 3.63) is 41.7 Å². The summed E-state index contributed by atoms with van der Waals surface area (Å²) in [7, 11) is 1.71. The monoisotopic (exact) mass is 245 g/mol. The maximum atomic E-state index is 5.51. The maximum Gasteiger partial charge on any atom is 0.134 e. The van der Waals surface area contributed by atoms with Crippen molar-refractivity contribution < 1.29 is 9.15 Å². The molecule has 0 radical (unpaired) electrons. The third-order valence-electron chi connectivity index (χ3n) is 2.80. The summed E-state index contributed by atoms with van der Waals surface area (Å²) in [6.07, 6.45) is 3.97. The van der Waals surface area contributed by atoms with Crippen molar-refractivity contribution in [2.75, 3.05) is 26.8 Å². The first kappa shape index (κ1) is 12.9. The number of hydrogen-bond donors (Lipinski definition) is 1. The minimum absolute atomic E-state index is 0.738. The van der Waals surface area contributed by atoms with Crippen LogP contribution in [0.15, 0.2) is 40.5 Å². The molecule has 1 N–H and O–H groups in total. The number of para-hydroxylation sites is 1. The zero-order valence-corrected chi connectivity index (χ0v) is 10.9. The molecule has 0 bridgehead atoms. The molecule has 3 nitrogen and oxygen atoms in total. The van der Waals surface area contributed by atoms with Gasteiger partial charge in [-0.05, 0) is 13.0 Å². The normalized spacial score (nSPS) is 12.2. The van der Waals surface area contributed by atoms with Crippen molar-refractivity contribution >= 4 is 17.0 Å². The Bertz CT molecular complexity index is 528. The van der Waals surface area contributed by atoms with Crippen LogP contribution in [0.1, 0.15) is 12.5 Å². The third-order valence-corrected chi connectivity index (χ3v) is 2.80. The highest BCUT2D eigenvalue weighted by molar-refractivity contribution is 5.87. The summed E-state index contributed by atoms with van der Waals surface area (Å²) in [5.41, 5.74) is 3.35. The zero-order valence-electron chi connectivity index (χ0n) is 10.9. The van der Waals surface area contributed by atoms with E-state index in [2.05, 4.69) is 24.4 Å². The number of ether oxygens (including phenoxy) is 1. The molecule has 0 aliphatic rings. The Hall–Kier alpha value is -1.58. The minimum Gasteiger partial charge on any atom is -0.464 e. The highest BCUT2D eigenvalue weighted by Crippen LogP contribution is 2.22. The van der Waals surface area contributed by atoms with Gasteiger partial charge < -0.3 is 14.5 Å². The second kappa shape index (κ2) is 6.38. The molecule has 0 atom stereocenters. The summed E-state index contributed by atoms with van der Waals surface area (Å²) in [5.74, 6) is 0. The first-order chi connectivity index (χ1) is 8.81. The van der Waals surface area contributed by atoms with Crippen LogP contribution in [0.2, 0.25) is 0 Å². The molecule has 2 aromatic rings. The predicted octanol–water partition coefficient (Wildman–Crippen LogP) is 3.07. The number of furan rings is 1. The molecule has 18 heavy (non-hydrogen) atoms. The Kier molecular flexibility index (Phi) is 4.56. The second-order valence-corrected chi connectivity index (χ2v) is 4.35. The molecule has 1 aromatic carbocycles.